The van der Waals surface area contributed by atoms with Crippen LogP contribution in [-0.2, 0) is 32.7 Å². The van der Waals surface area contributed by atoms with E-state index in [-0.39, 0.29) is 12.8 Å². The van der Waals surface area contributed by atoms with Crippen molar-refractivity contribution in [2.45, 2.75) is 187 Å². The molecule has 0 amide bonds. The predicted octanol–water partition coefficient (Wildman–Crippen LogP) is 11.5. The van der Waals surface area contributed by atoms with Crippen molar-refractivity contribution >= 4 is 19.8 Å². The molecule has 3 atom stereocenters. The van der Waals surface area contributed by atoms with Crippen LogP contribution in [0.1, 0.15) is 174 Å². The molecule has 0 aromatic rings. The average molecular weight is 811 g/mol. The fraction of sp³-hybridized carbons (Fsp3) is 0.733. The standard InChI is InChI=1S/C45H79O10P/c1-3-5-7-9-11-13-15-17-19-21-23-25-27-29-31-33-35-37-45(49)55-43(39-47)41-53-56(50,51)52-40-42(38-46)54-44(48)36-34-32-30-28-26-24-22-20-18-16-14-12-10-8-6-4-2/h5,7,11,13-14,16-17,19-20,22,42-43,46-47H,3-4,6,8-10,12,15,18,21,23-41H2,1-2H3,(H,50,51)/b7-5-,13-11-,16-14-,19-17-,22-20-. The number of carbonyl (C=O) groups is 2. The van der Waals surface area contributed by atoms with Gasteiger partial charge in [0, 0.05) is 12.8 Å². The molecule has 3 N–H and O–H groups in total. The van der Waals surface area contributed by atoms with Gasteiger partial charge in [-0.05, 0) is 77.0 Å². The SMILES string of the molecule is CC/C=C\C/C=C\C/C=C\CCCCCCCCCC(=O)OC(CO)COP(=O)(O)OCC(CO)OC(=O)CCCCCCC/C=C\C/C=C\CCCCCC. The van der Waals surface area contributed by atoms with Crippen molar-refractivity contribution in [2.24, 2.45) is 0 Å². The van der Waals surface area contributed by atoms with Gasteiger partial charge in [0.15, 0.2) is 0 Å². The molecule has 0 aromatic carbocycles. The van der Waals surface area contributed by atoms with E-state index in [0.717, 1.165) is 89.9 Å². The summed E-state index contributed by atoms with van der Waals surface area (Å²) in [6.45, 7) is 2.05. The molecule has 56 heavy (non-hydrogen) atoms. The second-order valence-corrected chi connectivity index (χ2v) is 15.7. The van der Waals surface area contributed by atoms with Gasteiger partial charge in [0.05, 0.1) is 26.4 Å². The molecular formula is C45H79O10P. The van der Waals surface area contributed by atoms with Gasteiger partial charge in [-0.1, -0.05) is 145 Å². The van der Waals surface area contributed by atoms with Gasteiger partial charge in [-0.15, -0.1) is 0 Å². The molecule has 0 rings (SSSR count). The number of ether oxygens (including phenoxy) is 2. The predicted molar refractivity (Wildman–Crippen MR) is 228 cm³/mol. The van der Waals surface area contributed by atoms with Crippen LogP contribution in [0.15, 0.2) is 60.8 Å². The highest BCUT2D eigenvalue weighted by atomic mass is 31.2. The first-order valence-corrected chi connectivity index (χ1v) is 23.2. The fourth-order valence-electron chi connectivity index (χ4n) is 5.63. The van der Waals surface area contributed by atoms with Gasteiger partial charge >= 0.3 is 19.8 Å². The van der Waals surface area contributed by atoms with Crippen LogP contribution in [0.4, 0.5) is 0 Å². The van der Waals surface area contributed by atoms with E-state index >= 15 is 0 Å². The largest absolute Gasteiger partial charge is 0.472 e. The van der Waals surface area contributed by atoms with Crippen molar-refractivity contribution < 1.29 is 47.8 Å². The van der Waals surface area contributed by atoms with Crippen LogP contribution in [-0.4, -0.2) is 65.7 Å². The third-order valence-electron chi connectivity index (χ3n) is 8.96. The molecule has 0 saturated heterocycles. The van der Waals surface area contributed by atoms with Gasteiger partial charge in [-0.2, -0.15) is 0 Å². The lowest BCUT2D eigenvalue weighted by atomic mass is 10.1. The number of esters is 2. The van der Waals surface area contributed by atoms with Crippen LogP contribution in [0.5, 0.6) is 0 Å². The maximum absolute atomic E-state index is 12.4. The molecule has 0 radical (unpaired) electrons. The number of phosphoric ester groups is 1. The summed E-state index contributed by atoms with van der Waals surface area (Å²) < 4.78 is 32.6. The van der Waals surface area contributed by atoms with E-state index in [2.05, 4.69) is 74.6 Å². The smallest absolute Gasteiger partial charge is 0.457 e. The molecule has 0 aliphatic rings. The fourth-order valence-corrected chi connectivity index (χ4v) is 6.41. The first-order valence-electron chi connectivity index (χ1n) is 21.7. The van der Waals surface area contributed by atoms with E-state index in [0.29, 0.717) is 12.8 Å². The summed E-state index contributed by atoms with van der Waals surface area (Å²) in [6, 6.07) is 0. The Kier molecular flexibility index (Phi) is 39.2. The van der Waals surface area contributed by atoms with E-state index in [1.54, 1.807) is 0 Å². The molecule has 0 bridgehead atoms. The minimum absolute atomic E-state index is 0.173. The lowest BCUT2D eigenvalue weighted by Gasteiger charge is -2.20. The quantitative estimate of drug-likeness (QED) is 0.0236. The van der Waals surface area contributed by atoms with E-state index in [4.69, 9.17) is 18.5 Å². The Balaban J connectivity index is 3.96. The normalized spacial score (nSPS) is 14.4. The number of carbonyl (C=O) groups excluding carboxylic acids is 2. The topological polar surface area (TPSA) is 149 Å². The third kappa shape index (κ3) is 38.5. The van der Waals surface area contributed by atoms with E-state index in [9.17, 15) is 29.3 Å². The van der Waals surface area contributed by atoms with Crippen LogP contribution >= 0.6 is 7.82 Å². The van der Waals surface area contributed by atoms with Crippen LogP contribution < -0.4 is 0 Å². The number of aliphatic hydroxyl groups is 2. The number of phosphoric acid groups is 1. The van der Waals surface area contributed by atoms with Crippen molar-refractivity contribution in [1.29, 1.82) is 0 Å². The van der Waals surface area contributed by atoms with Crippen molar-refractivity contribution in [3.63, 3.8) is 0 Å². The van der Waals surface area contributed by atoms with Gasteiger partial charge in [-0.3, -0.25) is 18.6 Å². The highest BCUT2D eigenvalue weighted by molar-refractivity contribution is 7.47. The molecule has 0 heterocycles. The van der Waals surface area contributed by atoms with Gasteiger partial charge < -0.3 is 24.6 Å². The summed E-state index contributed by atoms with van der Waals surface area (Å²) in [4.78, 5) is 34.5. The summed E-state index contributed by atoms with van der Waals surface area (Å²) in [6.07, 6.45) is 44.7. The number of unbranched alkanes of at least 4 members (excludes halogenated alkanes) is 16. The maximum Gasteiger partial charge on any atom is 0.472 e. The molecule has 3 unspecified atom stereocenters. The number of allylic oxidation sites excluding steroid dienone is 10. The van der Waals surface area contributed by atoms with Crippen molar-refractivity contribution in [3.05, 3.63) is 60.8 Å². The summed E-state index contributed by atoms with van der Waals surface area (Å²) in [5.74, 6) is -1.05. The summed E-state index contributed by atoms with van der Waals surface area (Å²) >= 11 is 0. The van der Waals surface area contributed by atoms with E-state index in [1.165, 1.54) is 44.9 Å². The molecule has 324 valence electrons. The van der Waals surface area contributed by atoms with E-state index in [1.807, 2.05) is 0 Å². The number of rotatable bonds is 40. The van der Waals surface area contributed by atoms with Crippen LogP contribution in [0.3, 0.4) is 0 Å². The molecule has 0 fully saturated rings. The summed E-state index contributed by atoms with van der Waals surface area (Å²) in [5.41, 5.74) is 0. The third-order valence-corrected chi connectivity index (χ3v) is 9.91. The zero-order valence-corrected chi connectivity index (χ0v) is 36.0. The van der Waals surface area contributed by atoms with Crippen molar-refractivity contribution in [3.8, 4) is 0 Å². The Labute approximate surface area is 340 Å². The van der Waals surface area contributed by atoms with E-state index < -0.39 is 58.4 Å². The van der Waals surface area contributed by atoms with Gasteiger partial charge in [-0.25, -0.2) is 4.57 Å². The zero-order valence-electron chi connectivity index (χ0n) is 35.1. The second kappa shape index (κ2) is 40.9. The molecule has 0 aromatic heterocycles. The maximum atomic E-state index is 12.4. The lowest BCUT2D eigenvalue weighted by Crippen LogP contribution is -2.28. The van der Waals surface area contributed by atoms with Gasteiger partial charge in [0.25, 0.3) is 0 Å². The highest BCUT2D eigenvalue weighted by Gasteiger charge is 2.27. The molecule has 0 saturated carbocycles. The minimum Gasteiger partial charge on any atom is -0.457 e. The molecule has 0 aliphatic carbocycles. The Bertz CT molecular complexity index is 1120. The first kappa shape index (κ1) is 53.7. The van der Waals surface area contributed by atoms with Crippen molar-refractivity contribution in [2.75, 3.05) is 26.4 Å². The van der Waals surface area contributed by atoms with Crippen molar-refractivity contribution in [1.82, 2.24) is 0 Å². The molecular weight excluding hydrogens is 731 g/mol. The molecule has 0 spiro atoms. The second-order valence-electron chi connectivity index (χ2n) is 14.3. The van der Waals surface area contributed by atoms with Crippen LogP contribution in [0.25, 0.3) is 0 Å². The van der Waals surface area contributed by atoms with Gasteiger partial charge in [0.1, 0.15) is 12.2 Å². The van der Waals surface area contributed by atoms with Crippen LogP contribution in [0, 0.1) is 0 Å². The Morgan fingerprint density at radius 2 is 0.839 bits per heavy atom. The molecule has 0 aliphatic heterocycles. The average Bonchev–Trinajstić information content (AvgIpc) is 3.19. The Morgan fingerprint density at radius 3 is 1.21 bits per heavy atom. The number of hydrogen-bond donors (Lipinski definition) is 3. The van der Waals surface area contributed by atoms with Crippen LogP contribution in [0.2, 0.25) is 0 Å². The monoisotopic (exact) mass is 811 g/mol. The Morgan fingerprint density at radius 1 is 0.500 bits per heavy atom. The lowest BCUT2D eigenvalue weighted by molar-refractivity contribution is -0.153. The van der Waals surface area contributed by atoms with Gasteiger partial charge in [0.2, 0.25) is 0 Å². The molecule has 10 nitrogen and oxygen atoms in total. The number of hydrogen-bond acceptors (Lipinski definition) is 9. The number of aliphatic hydroxyl groups excluding tert-OH is 2. The molecule has 11 heteroatoms. The first-order chi connectivity index (χ1) is 27.3. The highest BCUT2D eigenvalue weighted by Crippen LogP contribution is 2.43. The zero-order chi connectivity index (χ0) is 41.2. The summed E-state index contributed by atoms with van der Waals surface area (Å²) in [5, 5.41) is 19.2. The minimum atomic E-state index is -4.65. The Hall–Kier alpha value is -2.33. The summed E-state index contributed by atoms with van der Waals surface area (Å²) in [7, 11) is -4.65.